The normalized spacial score (nSPS) is 16.5. The van der Waals surface area contributed by atoms with Gasteiger partial charge in [-0.3, -0.25) is 9.59 Å². The predicted molar refractivity (Wildman–Crippen MR) is 93.8 cm³/mol. The Morgan fingerprint density at radius 1 is 1.19 bits per heavy atom. The minimum absolute atomic E-state index is 0.0557. The molecule has 0 atom stereocenters. The summed E-state index contributed by atoms with van der Waals surface area (Å²) in [7, 11) is 0. The van der Waals surface area contributed by atoms with Crippen molar-refractivity contribution in [1.29, 1.82) is 0 Å². The van der Waals surface area contributed by atoms with E-state index in [1.807, 2.05) is 0 Å². The van der Waals surface area contributed by atoms with Crippen LogP contribution in [0.15, 0.2) is 18.2 Å². The molecule has 1 saturated heterocycles. The van der Waals surface area contributed by atoms with E-state index in [9.17, 15) is 22.8 Å². The van der Waals surface area contributed by atoms with Crippen LogP contribution in [0.4, 0.5) is 18.9 Å². The molecule has 0 bridgehead atoms. The molecule has 1 heterocycles. The fraction of sp³-hybridized carbons (Fsp3) is 0.556. The van der Waals surface area contributed by atoms with E-state index in [-0.39, 0.29) is 11.6 Å². The Bertz CT molecular complexity index is 696. The van der Waals surface area contributed by atoms with Gasteiger partial charge in [-0.25, -0.2) is 0 Å². The van der Waals surface area contributed by atoms with Crippen LogP contribution in [0.5, 0.6) is 0 Å². The van der Waals surface area contributed by atoms with E-state index in [1.165, 1.54) is 19.9 Å². The lowest BCUT2D eigenvalue weighted by molar-refractivity contribution is -0.147. The number of halogens is 4. The number of benzene rings is 1. The highest BCUT2D eigenvalue weighted by atomic mass is 35.5. The topological polar surface area (TPSA) is 49.4 Å². The van der Waals surface area contributed by atoms with Crippen molar-refractivity contribution in [3.8, 4) is 0 Å². The molecule has 1 aromatic rings. The van der Waals surface area contributed by atoms with Gasteiger partial charge in [0.25, 0.3) is 0 Å². The van der Waals surface area contributed by atoms with Crippen molar-refractivity contribution in [2.24, 2.45) is 11.3 Å². The average Bonchev–Trinajstić information content (AvgIpc) is 2.55. The molecule has 2 rings (SSSR count). The van der Waals surface area contributed by atoms with Gasteiger partial charge < -0.3 is 10.2 Å². The molecule has 26 heavy (non-hydrogen) atoms. The minimum atomic E-state index is -4.63. The quantitative estimate of drug-likeness (QED) is 0.768. The predicted octanol–water partition coefficient (Wildman–Crippen LogP) is 4.58. The lowest BCUT2D eigenvalue weighted by Gasteiger charge is -2.35. The first-order valence-electron chi connectivity index (χ1n) is 8.40. The third kappa shape index (κ3) is 4.50. The number of carbonyl (C=O) groups excluding carboxylic acids is 2. The van der Waals surface area contributed by atoms with Crippen molar-refractivity contribution >= 4 is 29.1 Å². The van der Waals surface area contributed by atoms with Crippen LogP contribution in [0.2, 0.25) is 5.02 Å². The summed E-state index contributed by atoms with van der Waals surface area (Å²) in [5, 5.41) is 1.95. The van der Waals surface area contributed by atoms with Gasteiger partial charge in [0, 0.05) is 18.8 Å². The first kappa shape index (κ1) is 20.6. The Morgan fingerprint density at radius 2 is 1.77 bits per heavy atom. The number of likely N-dealkylation sites (tertiary alicyclic amines) is 1. The molecule has 1 fully saturated rings. The molecule has 8 heteroatoms. The largest absolute Gasteiger partial charge is 0.417 e. The SMILES string of the molecule is CC1CCN(C(=O)C(C)(C)C(=O)Nc2ccc(Cl)c(C(F)(F)F)c2)CC1. The van der Waals surface area contributed by atoms with Gasteiger partial charge in [0.15, 0.2) is 0 Å². The zero-order chi connectivity index (χ0) is 19.7. The van der Waals surface area contributed by atoms with Crippen molar-refractivity contribution in [2.45, 2.75) is 39.8 Å². The molecule has 1 N–H and O–H groups in total. The maximum atomic E-state index is 12.9. The van der Waals surface area contributed by atoms with Crippen LogP contribution in [0.1, 0.15) is 39.2 Å². The minimum Gasteiger partial charge on any atom is -0.342 e. The smallest absolute Gasteiger partial charge is 0.342 e. The molecule has 1 aliphatic rings. The molecule has 0 radical (unpaired) electrons. The van der Waals surface area contributed by atoms with Gasteiger partial charge in [-0.2, -0.15) is 13.2 Å². The number of carbonyl (C=O) groups is 2. The maximum Gasteiger partial charge on any atom is 0.417 e. The lowest BCUT2D eigenvalue weighted by atomic mass is 9.88. The molecule has 0 saturated carbocycles. The summed E-state index contributed by atoms with van der Waals surface area (Å²) >= 11 is 5.58. The highest BCUT2D eigenvalue weighted by Gasteiger charge is 2.40. The van der Waals surface area contributed by atoms with Crippen LogP contribution in [0.25, 0.3) is 0 Å². The standard InChI is InChI=1S/C18H22ClF3N2O2/c1-11-6-8-24(9-7-11)16(26)17(2,3)15(25)23-12-4-5-14(19)13(10-12)18(20,21)22/h4-5,10-11H,6-9H2,1-3H3,(H,23,25). The number of piperidine rings is 1. The summed E-state index contributed by atoms with van der Waals surface area (Å²) in [5.74, 6) is -0.450. The summed E-state index contributed by atoms with van der Waals surface area (Å²) < 4.78 is 38.8. The molecule has 0 spiro atoms. The number of nitrogens with zero attached hydrogens (tertiary/aromatic N) is 1. The summed E-state index contributed by atoms with van der Waals surface area (Å²) in [6.07, 6.45) is -2.89. The third-order valence-electron chi connectivity index (χ3n) is 4.70. The molecule has 0 aromatic heterocycles. The van der Waals surface area contributed by atoms with Crippen LogP contribution in [0.3, 0.4) is 0 Å². The molecule has 0 aliphatic carbocycles. The molecule has 4 nitrogen and oxygen atoms in total. The zero-order valence-electron chi connectivity index (χ0n) is 14.9. The van der Waals surface area contributed by atoms with Crippen molar-refractivity contribution in [3.63, 3.8) is 0 Å². The summed E-state index contributed by atoms with van der Waals surface area (Å²) in [6, 6.07) is 3.11. The molecule has 1 aliphatic heterocycles. The van der Waals surface area contributed by atoms with E-state index in [1.54, 1.807) is 4.90 Å². The van der Waals surface area contributed by atoms with Crippen LogP contribution < -0.4 is 5.32 Å². The van der Waals surface area contributed by atoms with Gasteiger partial charge in [0.05, 0.1) is 10.6 Å². The van der Waals surface area contributed by atoms with Gasteiger partial charge in [-0.05, 0) is 50.8 Å². The van der Waals surface area contributed by atoms with Crippen molar-refractivity contribution in [1.82, 2.24) is 4.90 Å². The van der Waals surface area contributed by atoms with E-state index in [2.05, 4.69) is 12.2 Å². The second kappa shape index (κ2) is 7.47. The van der Waals surface area contributed by atoms with Crippen molar-refractivity contribution in [3.05, 3.63) is 28.8 Å². The molecular formula is C18H22ClF3N2O2. The summed E-state index contributed by atoms with van der Waals surface area (Å²) in [4.78, 5) is 26.9. The second-order valence-electron chi connectivity index (χ2n) is 7.25. The summed E-state index contributed by atoms with van der Waals surface area (Å²) in [6.45, 7) is 6.22. The third-order valence-corrected chi connectivity index (χ3v) is 5.03. The Balaban J connectivity index is 2.14. The number of anilines is 1. The monoisotopic (exact) mass is 390 g/mol. The first-order chi connectivity index (χ1) is 11.9. The number of alkyl halides is 3. The number of nitrogens with one attached hydrogen (secondary N) is 1. The van der Waals surface area contributed by atoms with E-state index in [4.69, 9.17) is 11.6 Å². The van der Waals surface area contributed by atoms with Gasteiger partial charge in [0.2, 0.25) is 11.8 Å². The van der Waals surface area contributed by atoms with Gasteiger partial charge in [-0.15, -0.1) is 0 Å². The van der Waals surface area contributed by atoms with Crippen LogP contribution in [0, 0.1) is 11.3 Å². The van der Waals surface area contributed by atoms with E-state index < -0.39 is 28.1 Å². The van der Waals surface area contributed by atoms with Crippen molar-refractivity contribution < 1.29 is 22.8 Å². The fourth-order valence-corrected chi connectivity index (χ4v) is 3.04. The van der Waals surface area contributed by atoms with Crippen LogP contribution in [-0.2, 0) is 15.8 Å². The van der Waals surface area contributed by atoms with Crippen molar-refractivity contribution in [2.75, 3.05) is 18.4 Å². The molecule has 1 aromatic carbocycles. The fourth-order valence-electron chi connectivity index (χ4n) is 2.81. The van der Waals surface area contributed by atoms with E-state index >= 15 is 0 Å². The highest BCUT2D eigenvalue weighted by molar-refractivity contribution is 6.31. The maximum absolute atomic E-state index is 12.9. The number of hydrogen-bond acceptors (Lipinski definition) is 2. The zero-order valence-corrected chi connectivity index (χ0v) is 15.7. The Hall–Kier alpha value is -1.76. The average molecular weight is 391 g/mol. The molecule has 0 unspecified atom stereocenters. The number of hydrogen-bond donors (Lipinski definition) is 1. The first-order valence-corrected chi connectivity index (χ1v) is 8.78. The van der Waals surface area contributed by atoms with E-state index in [0.717, 1.165) is 25.0 Å². The molecule has 2 amide bonds. The number of rotatable bonds is 3. The Kier molecular flexibility index (Phi) is 5.90. The Morgan fingerprint density at radius 3 is 2.31 bits per heavy atom. The Labute approximate surface area is 155 Å². The van der Waals surface area contributed by atoms with Gasteiger partial charge >= 0.3 is 6.18 Å². The highest BCUT2D eigenvalue weighted by Crippen LogP contribution is 2.36. The van der Waals surface area contributed by atoms with Gasteiger partial charge in [-0.1, -0.05) is 18.5 Å². The molecular weight excluding hydrogens is 369 g/mol. The van der Waals surface area contributed by atoms with Crippen LogP contribution >= 0.6 is 11.6 Å². The van der Waals surface area contributed by atoms with Gasteiger partial charge in [0.1, 0.15) is 5.41 Å². The lowest BCUT2D eigenvalue weighted by Crippen LogP contribution is -2.49. The summed E-state index contributed by atoms with van der Waals surface area (Å²) in [5.41, 5.74) is -2.48. The van der Waals surface area contributed by atoms with E-state index in [0.29, 0.717) is 19.0 Å². The van der Waals surface area contributed by atoms with Crippen LogP contribution in [-0.4, -0.2) is 29.8 Å². The second-order valence-corrected chi connectivity index (χ2v) is 7.65. The molecule has 144 valence electrons. The number of amides is 2.